The third-order valence-corrected chi connectivity index (χ3v) is 8.91. The number of ether oxygens (including phenoxy) is 5. The monoisotopic (exact) mass is 832 g/mol. The number of anilines is 3. The summed E-state index contributed by atoms with van der Waals surface area (Å²) in [7, 11) is 1.59. The zero-order valence-corrected chi connectivity index (χ0v) is 36.1. The number of rotatable bonds is 16. The fourth-order valence-electron chi connectivity index (χ4n) is 6.34. The number of imide groups is 1. The summed E-state index contributed by atoms with van der Waals surface area (Å²) in [4.78, 5) is 57.2. The van der Waals surface area contributed by atoms with E-state index in [1.807, 2.05) is 20.8 Å². The first-order valence-electron chi connectivity index (χ1n) is 19.8. The molecule has 3 amide bonds. The maximum absolute atomic E-state index is 15.0. The normalized spacial score (nSPS) is 12.6. The van der Waals surface area contributed by atoms with Crippen molar-refractivity contribution in [3.63, 3.8) is 0 Å². The van der Waals surface area contributed by atoms with Crippen molar-refractivity contribution >= 4 is 52.2 Å². The summed E-state index contributed by atoms with van der Waals surface area (Å²) in [5, 5.41) is 17.0. The van der Waals surface area contributed by atoms with Crippen LogP contribution >= 0.6 is 0 Å². The number of amides is 3. The van der Waals surface area contributed by atoms with E-state index in [1.165, 1.54) is 12.3 Å². The number of nitrogens with zero attached hydrogens (tertiary/aromatic N) is 2. The second-order valence-corrected chi connectivity index (χ2v) is 16.4. The van der Waals surface area contributed by atoms with Crippen LogP contribution in [0.2, 0.25) is 0 Å². The predicted octanol–water partition coefficient (Wildman–Crippen LogP) is 10.3. The van der Waals surface area contributed by atoms with Crippen molar-refractivity contribution in [1.82, 2.24) is 4.98 Å². The molecule has 2 atom stereocenters. The Kier molecular flexibility index (Phi) is 15.8. The number of carbonyl (C=O) groups excluding carboxylic acids is 3. The number of fused-ring (bicyclic) bond motifs is 1. The second-order valence-electron chi connectivity index (χ2n) is 16.4. The van der Waals surface area contributed by atoms with Crippen molar-refractivity contribution in [3.05, 3.63) is 88.9 Å². The van der Waals surface area contributed by atoms with Gasteiger partial charge in [0.15, 0.2) is 23.4 Å². The van der Waals surface area contributed by atoms with Gasteiger partial charge in [-0.3, -0.25) is 5.32 Å². The maximum atomic E-state index is 15.0. The number of carboxylic acid groups (broad SMARTS) is 1. The van der Waals surface area contributed by atoms with Gasteiger partial charge in [-0.15, -0.1) is 0 Å². The van der Waals surface area contributed by atoms with Gasteiger partial charge in [-0.2, -0.15) is 4.90 Å². The molecule has 3 N–H and O–H groups in total. The Morgan fingerprint density at radius 1 is 0.900 bits per heavy atom. The molecule has 0 spiro atoms. The van der Waals surface area contributed by atoms with Gasteiger partial charge >= 0.3 is 24.2 Å². The van der Waals surface area contributed by atoms with Gasteiger partial charge < -0.3 is 34.1 Å². The van der Waals surface area contributed by atoms with Crippen molar-refractivity contribution in [3.8, 4) is 5.75 Å². The molecular weight excluding hydrogens is 776 g/mol. The summed E-state index contributed by atoms with van der Waals surface area (Å²) >= 11 is 0. The van der Waals surface area contributed by atoms with E-state index in [0.717, 1.165) is 22.4 Å². The van der Waals surface area contributed by atoms with Crippen molar-refractivity contribution in [1.29, 1.82) is 0 Å². The molecule has 14 nitrogen and oxygen atoms in total. The fourth-order valence-corrected chi connectivity index (χ4v) is 6.34. The molecule has 4 rings (SSSR count). The molecule has 0 aliphatic heterocycles. The van der Waals surface area contributed by atoms with Gasteiger partial charge in [0.2, 0.25) is 0 Å². The molecule has 0 saturated carbocycles. The highest BCUT2D eigenvalue weighted by molar-refractivity contribution is 6.14. The first-order valence-corrected chi connectivity index (χ1v) is 19.8. The van der Waals surface area contributed by atoms with E-state index in [-0.39, 0.29) is 29.8 Å². The molecule has 0 aliphatic rings. The number of carboxylic acids is 1. The van der Waals surface area contributed by atoms with E-state index in [4.69, 9.17) is 23.7 Å². The number of hydrogen-bond donors (Lipinski definition) is 3. The van der Waals surface area contributed by atoms with Crippen LogP contribution in [-0.2, 0) is 30.2 Å². The summed E-state index contributed by atoms with van der Waals surface area (Å²) in [6, 6.07) is 13.6. The lowest BCUT2D eigenvalue weighted by atomic mass is 9.93. The number of nitrogens with one attached hydrogen (secondary N) is 2. The van der Waals surface area contributed by atoms with E-state index < -0.39 is 47.3 Å². The molecule has 0 radical (unpaired) electrons. The number of aliphatic carboxylic acids is 1. The van der Waals surface area contributed by atoms with E-state index in [1.54, 1.807) is 97.2 Å². The highest BCUT2D eigenvalue weighted by Gasteiger charge is 2.35. The molecular formula is C45H57FN4O10. The average molecular weight is 833 g/mol. The average Bonchev–Trinajstić information content (AvgIpc) is 3.14. The number of aryl methyl sites for hydroxylation is 2. The van der Waals surface area contributed by atoms with Crippen molar-refractivity contribution in [2.24, 2.45) is 0 Å². The van der Waals surface area contributed by atoms with Gasteiger partial charge in [0, 0.05) is 55.1 Å². The van der Waals surface area contributed by atoms with Gasteiger partial charge in [0.05, 0.1) is 13.2 Å². The highest BCUT2D eigenvalue weighted by Crippen LogP contribution is 2.33. The van der Waals surface area contributed by atoms with Crippen LogP contribution in [0.3, 0.4) is 0 Å². The second kappa shape index (κ2) is 20.3. The number of aromatic nitrogens is 1. The topological polar surface area (TPSA) is 175 Å². The lowest BCUT2D eigenvalue weighted by Gasteiger charge is -2.28. The van der Waals surface area contributed by atoms with Crippen LogP contribution in [0.4, 0.5) is 36.0 Å². The molecule has 1 heterocycles. The van der Waals surface area contributed by atoms with Crippen LogP contribution in [0.25, 0.3) is 10.8 Å². The van der Waals surface area contributed by atoms with E-state index in [2.05, 4.69) is 15.6 Å². The first kappa shape index (κ1) is 46.7. The molecule has 3 aromatic carbocycles. The lowest BCUT2D eigenvalue weighted by Crippen LogP contribution is -2.44. The van der Waals surface area contributed by atoms with Crippen LogP contribution in [0.15, 0.2) is 60.8 Å². The van der Waals surface area contributed by atoms with E-state index in [9.17, 15) is 24.3 Å². The molecule has 0 aliphatic carbocycles. The smallest absolute Gasteiger partial charge is 0.425 e. The number of halogens is 1. The summed E-state index contributed by atoms with van der Waals surface area (Å²) in [5.74, 6) is -1.83. The van der Waals surface area contributed by atoms with E-state index in [0.29, 0.717) is 53.6 Å². The standard InChI is InChI=1S/C45H57FN4O10/c1-11-13-31-24-33(25-36(46)38(31)57-21-12-20-56-10)49-41(53)58-26-28(3)34-16-14-30(22-27(34)2)37(40(51)52)48-32-15-17-35-29(23-32)18-19-47-39(35)50(42(54)59-44(4,5)6)43(55)60-45(7,8)9/h14-19,22-25,28,37,48H,11-13,20-21,26H2,1-10H3,(H,49,53)(H,51,52)/t28-,37?/m0/s1. The molecule has 15 heteroatoms. The molecule has 0 fully saturated rings. The minimum atomic E-state index is -1.16. The Labute approximate surface area is 350 Å². The number of hydrogen-bond acceptors (Lipinski definition) is 11. The van der Waals surface area contributed by atoms with Gasteiger partial charge in [-0.1, -0.05) is 38.5 Å². The molecule has 0 saturated heterocycles. The third-order valence-electron chi connectivity index (χ3n) is 8.91. The van der Waals surface area contributed by atoms with Crippen LogP contribution in [0.1, 0.15) is 102 Å². The maximum Gasteiger partial charge on any atom is 0.425 e. The Bertz CT molecular complexity index is 2140. The Balaban J connectivity index is 1.48. The zero-order valence-electron chi connectivity index (χ0n) is 36.1. The third kappa shape index (κ3) is 13.0. The van der Waals surface area contributed by atoms with Gasteiger partial charge in [-0.05, 0) is 113 Å². The van der Waals surface area contributed by atoms with Gasteiger partial charge in [-0.25, -0.2) is 28.6 Å². The summed E-state index contributed by atoms with van der Waals surface area (Å²) in [6.07, 6.45) is 0.662. The fraction of sp³-hybridized carbons (Fsp3) is 0.444. The molecule has 4 aromatic rings. The number of pyridine rings is 1. The van der Waals surface area contributed by atoms with Crippen molar-refractivity contribution in [2.45, 2.75) is 105 Å². The summed E-state index contributed by atoms with van der Waals surface area (Å²) in [5.41, 5.74) is 1.60. The van der Waals surface area contributed by atoms with Crippen molar-refractivity contribution < 1.29 is 52.4 Å². The minimum Gasteiger partial charge on any atom is -0.490 e. The Hall–Kier alpha value is -5.96. The molecule has 60 heavy (non-hydrogen) atoms. The van der Waals surface area contributed by atoms with E-state index >= 15 is 4.39 Å². The lowest BCUT2D eigenvalue weighted by molar-refractivity contribution is -0.138. The first-order chi connectivity index (χ1) is 28.2. The largest absolute Gasteiger partial charge is 0.490 e. The zero-order chi connectivity index (χ0) is 44.4. The highest BCUT2D eigenvalue weighted by atomic mass is 19.1. The van der Waals surface area contributed by atoms with Crippen molar-refractivity contribution in [2.75, 3.05) is 42.5 Å². The van der Waals surface area contributed by atoms with Gasteiger partial charge in [0.1, 0.15) is 11.2 Å². The Morgan fingerprint density at radius 3 is 2.18 bits per heavy atom. The minimum absolute atomic E-state index is 0.00480. The quantitative estimate of drug-likeness (QED) is 0.0721. The summed E-state index contributed by atoms with van der Waals surface area (Å²) in [6.45, 7) is 16.5. The number of carbonyl (C=O) groups is 4. The summed E-state index contributed by atoms with van der Waals surface area (Å²) < 4.78 is 42.3. The predicted molar refractivity (Wildman–Crippen MR) is 228 cm³/mol. The molecule has 1 aromatic heterocycles. The molecule has 324 valence electrons. The van der Waals surface area contributed by atoms with Crippen LogP contribution < -0.4 is 20.3 Å². The molecule has 0 bridgehead atoms. The number of methoxy groups -OCH3 is 1. The van der Waals surface area contributed by atoms with Crippen LogP contribution in [-0.4, -0.2) is 72.5 Å². The van der Waals surface area contributed by atoms with Gasteiger partial charge in [0.25, 0.3) is 0 Å². The Morgan fingerprint density at radius 2 is 1.58 bits per heavy atom. The molecule has 1 unspecified atom stereocenters. The SMILES string of the molecule is CCCc1cc(NC(=O)OC[C@H](C)c2ccc(C(Nc3ccc4c(N(C(=O)OC(C)(C)C)C(=O)OC(C)(C)C)nccc4c3)C(=O)O)cc2C)cc(F)c1OCCCOC. The number of benzene rings is 3. The van der Waals surface area contributed by atoms with Crippen LogP contribution in [0, 0.1) is 12.7 Å². The van der Waals surface area contributed by atoms with Crippen LogP contribution in [0.5, 0.6) is 5.75 Å².